The zero-order valence-corrected chi connectivity index (χ0v) is 16.7. The van der Waals surface area contributed by atoms with Crippen LogP contribution in [0.3, 0.4) is 0 Å². The quantitative estimate of drug-likeness (QED) is 0.533. The Morgan fingerprint density at radius 2 is 2.00 bits per heavy atom. The van der Waals surface area contributed by atoms with Crippen LogP contribution < -0.4 is 10.3 Å². The second-order valence-corrected chi connectivity index (χ2v) is 7.15. The molecule has 28 heavy (non-hydrogen) atoms. The van der Waals surface area contributed by atoms with E-state index in [2.05, 4.69) is 10.1 Å². The topological polar surface area (TPSA) is 92.0 Å². The van der Waals surface area contributed by atoms with Crippen LogP contribution in [0, 0.1) is 13.8 Å². The van der Waals surface area contributed by atoms with E-state index >= 15 is 0 Å². The van der Waals surface area contributed by atoms with Gasteiger partial charge in [0, 0.05) is 12.7 Å². The summed E-state index contributed by atoms with van der Waals surface area (Å²) in [5, 5.41) is 4.82. The molecular weight excluding hydrogens is 382 g/mol. The summed E-state index contributed by atoms with van der Waals surface area (Å²) in [6.07, 6.45) is 0. The third-order valence-electron chi connectivity index (χ3n) is 3.99. The maximum absolute atomic E-state index is 12.2. The van der Waals surface area contributed by atoms with Gasteiger partial charge in [-0.25, -0.2) is 9.78 Å². The molecule has 3 aromatic rings. The number of hydrogen-bond donors (Lipinski definition) is 0. The number of carbonyl (C=O) groups excluding carboxylic acids is 1. The molecule has 0 fully saturated rings. The molecule has 148 valence electrons. The van der Waals surface area contributed by atoms with E-state index in [1.54, 1.807) is 6.07 Å². The molecule has 0 bridgehead atoms. The molecule has 3 rings (SSSR count). The van der Waals surface area contributed by atoms with Crippen LogP contribution in [0.2, 0.25) is 0 Å². The molecule has 0 saturated carbocycles. The fourth-order valence-electron chi connectivity index (χ4n) is 2.36. The van der Waals surface area contributed by atoms with E-state index < -0.39 is 5.97 Å². The minimum atomic E-state index is -0.540. The number of nitrogens with zero attached hydrogens (tertiary/aromatic N) is 3. The van der Waals surface area contributed by atoms with Gasteiger partial charge in [-0.3, -0.25) is 4.79 Å². The Bertz CT molecular complexity index is 1040. The summed E-state index contributed by atoms with van der Waals surface area (Å²) in [7, 11) is 0. The van der Waals surface area contributed by atoms with Crippen molar-refractivity contribution in [2.75, 3.05) is 13.2 Å². The summed E-state index contributed by atoms with van der Waals surface area (Å²) in [5.74, 6) is 0.0610. The van der Waals surface area contributed by atoms with Crippen molar-refractivity contribution in [1.29, 1.82) is 0 Å². The molecule has 0 saturated heterocycles. The Labute approximate surface area is 165 Å². The van der Waals surface area contributed by atoms with Crippen LogP contribution >= 0.6 is 11.3 Å². The zero-order valence-electron chi connectivity index (χ0n) is 15.9. The molecule has 1 aromatic carbocycles. The summed E-state index contributed by atoms with van der Waals surface area (Å²) in [6.45, 7) is 6.41. The van der Waals surface area contributed by atoms with Gasteiger partial charge in [0.05, 0.1) is 5.69 Å². The molecule has 0 aliphatic carbocycles. The number of aryl methyl sites for hydroxylation is 2. The van der Waals surface area contributed by atoms with Gasteiger partial charge >= 0.3 is 5.97 Å². The predicted molar refractivity (Wildman–Crippen MR) is 104 cm³/mol. The van der Waals surface area contributed by atoms with E-state index in [1.807, 2.05) is 32.9 Å². The Balaban J connectivity index is 1.58. The van der Waals surface area contributed by atoms with E-state index in [9.17, 15) is 9.59 Å². The molecule has 8 nitrogen and oxygen atoms in total. The van der Waals surface area contributed by atoms with Crippen molar-refractivity contribution >= 4 is 22.3 Å². The maximum atomic E-state index is 12.2. The number of carbonyl (C=O) groups is 1. The minimum absolute atomic E-state index is 0.112. The summed E-state index contributed by atoms with van der Waals surface area (Å²) in [6, 6.07) is 6.89. The van der Waals surface area contributed by atoms with Crippen molar-refractivity contribution < 1.29 is 19.0 Å². The first-order valence-electron chi connectivity index (χ1n) is 8.78. The number of aromatic nitrogens is 3. The highest BCUT2D eigenvalue weighted by molar-refractivity contribution is 7.16. The summed E-state index contributed by atoms with van der Waals surface area (Å²) < 4.78 is 17.1. The fourth-order valence-corrected chi connectivity index (χ4v) is 3.22. The van der Waals surface area contributed by atoms with E-state index in [1.165, 1.54) is 21.9 Å². The van der Waals surface area contributed by atoms with Crippen molar-refractivity contribution in [2.45, 2.75) is 34.0 Å². The first kappa shape index (κ1) is 20.0. The van der Waals surface area contributed by atoms with E-state index in [4.69, 9.17) is 14.2 Å². The van der Waals surface area contributed by atoms with Crippen molar-refractivity contribution in [3.8, 4) is 5.75 Å². The Kier molecular flexibility index (Phi) is 6.37. The van der Waals surface area contributed by atoms with Crippen LogP contribution in [-0.2, 0) is 27.5 Å². The van der Waals surface area contributed by atoms with Crippen molar-refractivity contribution in [3.63, 3.8) is 0 Å². The van der Waals surface area contributed by atoms with E-state index in [0.717, 1.165) is 11.1 Å². The minimum Gasteiger partial charge on any atom is -0.482 e. The molecule has 2 aromatic heterocycles. The standard InChI is InChI=1S/C19H21N3O5S/c1-4-25-10-16-21-22-17(23)8-14(20-19(22)28-16)9-27-18(24)11-26-15-6-5-12(2)13(3)7-15/h5-8H,4,9-11H2,1-3H3. The normalized spacial score (nSPS) is 11.0. The summed E-state index contributed by atoms with van der Waals surface area (Å²) in [5.41, 5.74) is 2.25. The largest absolute Gasteiger partial charge is 0.482 e. The van der Waals surface area contributed by atoms with Gasteiger partial charge in [0.1, 0.15) is 24.0 Å². The average molecular weight is 403 g/mol. The number of esters is 1. The third kappa shape index (κ3) is 4.93. The highest BCUT2D eigenvalue weighted by Crippen LogP contribution is 2.16. The number of benzene rings is 1. The Morgan fingerprint density at radius 1 is 1.18 bits per heavy atom. The molecule has 0 aliphatic rings. The summed E-state index contributed by atoms with van der Waals surface area (Å²) in [4.78, 5) is 28.8. The van der Waals surface area contributed by atoms with Crippen molar-refractivity contribution in [2.24, 2.45) is 0 Å². The lowest BCUT2D eigenvalue weighted by atomic mass is 10.1. The number of fused-ring (bicyclic) bond motifs is 1. The highest BCUT2D eigenvalue weighted by atomic mass is 32.1. The van der Waals surface area contributed by atoms with Crippen LogP contribution in [-0.4, -0.2) is 33.8 Å². The molecule has 0 amide bonds. The summed E-state index contributed by atoms with van der Waals surface area (Å²) >= 11 is 1.26. The lowest BCUT2D eigenvalue weighted by Crippen LogP contribution is -2.18. The lowest BCUT2D eigenvalue weighted by Gasteiger charge is -2.08. The number of rotatable bonds is 8. The molecule has 0 radical (unpaired) electrons. The maximum Gasteiger partial charge on any atom is 0.344 e. The predicted octanol–water partition coefficient (Wildman–Crippen LogP) is 2.43. The van der Waals surface area contributed by atoms with Crippen molar-refractivity contribution in [1.82, 2.24) is 14.6 Å². The fraction of sp³-hybridized carbons (Fsp3) is 0.368. The molecule has 2 heterocycles. The van der Waals surface area contributed by atoms with Gasteiger partial charge < -0.3 is 14.2 Å². The van der Waals surface area contributed by atoms with E-state index in [-0.39, 0.29) is 18.8 Å². The average Bonchev–Trinajstić information content (AvgIpc) is 3.09. The van der Waals surface area contributed by atoms with Gasteiger partial charge in [0.15, 0.2) is 6.61 Å². The van der Waals surface area contributed by atoms with Gasteiger partial charge in [0.2, 0.25) is 4.96 Å². The molecule has 0 atom stereocenters. The molecule has 9 heteroatoms. The van der Waals surface area contributed by atoms with Gasteiger partial charge in [-0.1, -0.05) is 17.4 Å². The van der Waals surface area contributed by atoms with Gasteiger partial charge in [-0.05, 0) is 44.0 Å². The van der Waals surface area contributed by atoms with E-state index in [0.29, 0.717) is 34.6 Å². The molecule has 0 unspecified atom stereocenters. The second kappa shape index (κ2) is 8.94. The number of ether oxygens (including phenoxy) is 3. The monoisotopic (exact) mass is 403 g/mol. The second-order valence-electron chi connectivity index (χ2n) is 6.11. The molecular formula is C19H21N3O5S. The van der Waals surface area contributed by atoms with Crippen LogP contribution in [0.1, 0.15) is 28.8 Å². The van der Waals surface area contributed by atoms with Gasteiger partial charge in [-0.15, -0.1) is 0 Å². The Morgan fingerprint density at radius 3 is 2.75 bits per heavy atom. The third-order valence-corrected chi connectivity index (χ3v) is 4.87. The molecule has 0 N–H and O–H groups in total. The molecule has 0 spiro atoms. The highest BCUT2D eigenvalue weighted by Gasteiger charge is 2.11. The SMILES string of the molecule is CCOCc1nn2c(=O)cc(COC(=O)COc3ccc(C)c(C)c3)nc2s1. The van der Waals surface area contributed by atoms with Gasteiger partial charge in [-0.2, -0.15) is 9.61 Å². The van der Waals surface area contributed by atoms with Crippen molar-refractivity contribution in [3.05, 3.63) is 56.4 Å². The first-order chi connectivity index (χ1) is 13.5. The molecule has 0 aliphatic heterocycles. The lowest BCUT2D eigenvalue weighted by molar-refractivity contribution is -0.147. The Hall–Kier alpha value is -2.78. The zero-order chi connectivity index (χ0) is 20.1. The van der Waals surface area contributed by atoms with Gasteiger partial charge in [0.25, 0.3) is 5.56 Å². The van der Waals surface area contributed by atoms with Crippen LogP contribution in [0.25, 0.3) is 4.96 Å². The van der Waals surface area contributed by atoms with Crippen LogP contribution in [0.15, 0.2) is 29.1 Å². The van der Waals surface area contributed by atoms with Crippen LogP contribution in [0.5, 0.6) is 5.75 Å². The van der Waals surface area contributed by atoms with Crippen LogP contribution in [0.4, 0.5) is 0 Å². The first-order valence-corrected chi connectivity index (χ1v) is 9.60. The number of hydrogen-bond acceptors (Lipinski definition) is 8. The smallest absolute Gasteiger partial charge is 0.344 e.